The minimum atomic E-state index is -1.23. The van der Waals surface area contributed by atoms with Gasteiger partial charge < -0.3 is 20.4 Å². The van der Waals surface area contributed by atoms with E-state index in [9.17, 15) is 19.2 Å². The van der Waals surface area contributed by atoms with Crippen molar-refractivity contribution in [3.8, 4) is 0 Å². The zero-order valence-electron chi connectivity index (χ0n) is 11.9. The minimum Gasteiger partial charge on any atom is -0.480 e. The number of nitrogens with zero attached hydrogens (tertiary/aromatic N) is 2. The summed E-state index contributed by atoms with van der Waals surface area (Å²) in [6.45, 7) is -2.25. The second kappa shape index (κ2) is 13.9. The Bertz CT molecular complexity index is 327. The zero-order chi connectivity index (χ0) is 15.7. The average Bonchev–Trinajstić information content (AvgIpc) is 2.22. The zero-order valence-corrected chi connectivity index (χ0v) is 14.8. The van der Waals surface area contributed by atoms with Crippen molar-refractivity contribution < 1.29 is 56.7 Å². The largest absolute Gasteiger partial charge is 0.480 e. The molecule has 0 saturated heterocycles. The van der Waals surface area contributed by atoms with Gasteiger partial charge in [0.2, 0.25) is 0 Å². The molecule has 0 heterocycles. The Labute approximate surface area is 158 Å². The molecule has 0 aliphatic heterocycles. The van der Waals surface area contributed by atoms with E-state index in [1.165, 1.54) is 0 Å². The van der Waals surface area contributed by atoms with Crippen LogP contribution in [0.15, 0.2) is 0 Å². The first-order valence-electron chi connectivity index (χ1n) is 5.52. The van der Waals surface area contributed by atoms with Gasteiger partial charge in [-0.25, -0.2) is 0 Å². The van der Waals surface area contributed by atoms with Gasteiger partial charge in [-0.05, 0) is 0 Å². The fourth-order valence-electron chi connectivity index (χ4n) is 1.48. The third kappa shape index (κ3) is 15.7. The monoisotopic (exact) mass is 378 g/mol. The maximum Gasteiger partial charge on any atom is 0.317 e. The first kappa shape index (κ1) is 26.2. The third-order valence-corrected chi connectivity index (χ3v) is 2.17. The third-order valence-electron chi connectivity index (χ3n) is 2.17. The second-order valence-corrected chi connectivity index (χ2v) is 4.00. The molecule has 0 aromatic rings. The summed E-state index contributed by atoms with van der Waals surface area (Å²) in [7, 11) is 0. The van der Waals surface area contributed by atoms with Gasteiger partial charge in [-0.3, -0.25) is 29.0 Å². The van der Waals surface area contributed by atoms with E-state index in [4.69, 9.17) is 20.4 Å². The van der Waals surface area contributed by atoms with E-state index in [1.807, 2.05) is 0 Å². The SMILES string of the molecule is O=C(O)CN(CCN(CC(=O)O)CC(=O)O)CC(=O)O.[Cu].[Na]. The predicted octanol–water partition coefficient (Wildman–Crippen LogP) is -2.45. The fourth-order valence-corrected chi connectivity index (χ4v) is 1.48. The van der Waals surface area contributed by atoms with E-state index in [0.29, 0.717) is 0 Å². The van der Waals surface area contributed by atoms with E-state index >= 15 is 0 Å². The van der Waals surface area contributed by atoms with Crippen molar-refractivity contribution >= 4 is 53.4 Å². The molecular weight excluding hydrogens is 363 g/mol. The summed E-state index contributed by atoms with van der Waals surface area (Å²) in [5.74, 6) is -4.91. The van der Waals surface area contributed by atoms with Crippen LogP contribution >= 0.6 is 0 Å². The molecule has 10 nitrogen and oxygen atoms in total. The van der Waals surface area contributed by atoms with Crippen LogP contribution < -0.4 is 0 Å². The number of carboxylic acid groups (broad SMARTS) is 4. The normalized spacial score (nSPS) is 9.73. The smallest absolute Gasteiger partial charge is 0.317 e. The van der Waals surface area contributed by atoms with Crippen molar-refractivity contribution in [2.45, 2.75) is 0 Å². The van der Waals surface area contributed by atoms with Crippen LogP contribution in [-0.4, -0.2) is 123 Å². The van der Waals surface area contributed by atoms with Crippen molar-refractivity contribution in [2.24, 2.45) is 0 Å². The Kier molecular flexibility index (Phi) is 16.6. The summed E-state index contributed by atoms with van der Waals surface area (Å²) in [6, 6.07) is 0. The van der Waals surface area contributed by atoms with Gasteiger partial charge in [0.1, 0.15) is 0 Å². The summed E-state index contributed by atoms with van der Waals surface area (Å²) in [5, 5.41) is 34.5. The molecule has 0 aromatic carbocycles. The van der Waals surface area contributed by atoms with Gasteiger partial charge >= 0.3 is 23.9 Å². The van der Waals surface area contributed by atoms with Crippen LogP contribution in [0, 0.1) is 0 Å². The first-order chi connectivity index (χ1) is 9.20. The van der Waals surface area contributed by atoms with Crippen LogP contribution in [0.1, 0.15) is 0 Å². The Morgan fingerprint density at radius 2 is 0.773 bits per heavy atom. The number of rotatable bonds is 11. The standard InChI is InChI=1S/C10H16N2O8.Cu.Na/c13-7(14)3-11(4-8(15)16)1-2-12(5-9(17)18)6-10(19)20;;/h1-6H2,(H,13,14)(H,15,16)(H,17,18)(H,19,20);;. The maximum absolute atomic E-state index is 10.6. The number of hydrogen-bond acceptors (Lipinski definition) is 6. The van der Waals surface area contributed by atoms with Crippen LogP contribution in [0.25, 0.3) is 0 Å². The Morgan fingerprint density at radius 1 is 0.591 bits per heavy atom. The molecular formula is C10H16CuN2NaO8. The van der Waals surface area contributed by atoms with Gasteiger partial charge in [-0.1, -0.05) is 0 Å². The van der Waals surface area contributed by atoms with Gasteiger partial charge in [0.05, 0.1) is 26.2 Å². The van der Waals surface area contributed by atoms with Gasteiger partial charge in [0.25, 0.3) is 0 Å². The van der Waals surface area contributed by atoms with E-state index in [-0.39, 0.29) is 59.7 Å². The van der Waals surface area contributed by atoms with Crippen LogP contribution in [0.5, 0.6) is 0 Å². The quantitative estimate of drug-likeness (QED) is 0.284. The summed E-state index contributed by atoms with van der Waals surface area (Å²) in [5.41, 5.74) is 0. The molecule has 0 aliphatic rings. The number of carboxylic acids is 4. The van der Waals surface area contributed by atoms with Gasteiger partial charge in [-0.2, -0.15) is 0 Å². The maximum atomic E-state index is 10.6. The van der Waals surface area contributed by atoms with E-state index in [2.05, 4.69) is 0 Å². The molecule has 0 atom stereocenters. The number of carbonyl (C=O) groups is 4. The second-order valence-electron chi connectivity index (χ2n) is 4.00. The molecule has 0 aromatic heterocycles. The molecule has 0 spiro atoms. The first-order valence-corrected chi connectivity index (χ1v) is 5.52. The van der Waals surface area contributed by atoms with Gasteiger partial charge in [-0.15, -0.1) is 0 Å². The molecule has 0 unspecified atom stereocenters. The molecule has 0 bridgehead atoms. The fraction of sp³-hybridized carbons (Fsp3) is 0.600. The topological polar surface area (TPSA) is 156 Å². The summed E-state index contributed by atoms with van der Waals surface area (Å²) < 4.78 is 0. The van der Waals surface area contributed by atoms with E-state index < -0.39 is 50.1 Å². The molecule has 22 heavy (non-hydrogen) atoms. The van der Waals surface area contributed by atoms with Crippen LogP contribution in [0.4, 0.5) is 0 Å². The summed E-state index contributed by atoms with van der Waals surface area (Å²) in [6.07, 6.45) is 0. The average molecular weight is 379 g/mol. The molecule has 12 heteroatoms. The van der Waals surface area contributed by atoms with Crippen molar-refractivity contribution in [3.63, 3.8) is 0 Å². The molecule has 2 radical (unpaired) electrons. The van der Waals surface area contributed by atoms with Crippen LogP contribution in [0.2, 0.25) is 0 Å². The number of hydrogen-bond donors (Lipinski definition) is 4. The molecule has 0 amide bonds. The Balaban J connectivity index is -0.00000180. The van der Waals surface area contributed by atoms with Crippen molar-refractivity contribution in [3.05, 3.63) is 0 Å². The number of aliphatic carboxylic acids is 4. The summed E-state index contributed by atoms with van der Waals surface area (Å²) >= 11 is 0. The minimum absolute atomic E-state index is 0. The summed E-state index contributed by atoms with van der Waals surface area (Å²) in [4.78, 5) is 44.4. The van der Waals surface area contributed by atoms with E-state index in [1.54, 1.807) is 0 Å². The Hall–Kier alpha value is -0.681. The molecule has 0 rings (SSSR count). The predicted molar refractivity (Wildman–Crippen MR) is 69.2 cm³/mol. The van der Waals surface area contributed by atoms with E-state index in [0.717, 1.165) is 9.80 Å². The van der Waals surface area contributed by atoms with Crippen molar-refractivity contribution in [1.82, 2.24) is 9.80 Å². The van der Waals surface area contributed by atoms with Crippen molar-refractivity contribution in [1.29, 1.82) is 0 Å². The molecule has 0 saturated carbocycles. The molecule has 0 aliphatic carbocycles. The molecule has 4 N–H and O–H groups in total. The van der Waals surface area contributed by atoms with Gasteiger partial charge in [0.15, 0.2) is 0 Å². The van der Waals surface area contributed by atoms with Crippen LogP contribution in [-0.2, 0) is 36.2 Å². The van der Waals surface area contributed by atoms with Crippen LogP contribution in [0.3, 0.4) is 0 Å². The van der Waals surface area contributed by atoms with Crippen molar-refractivity contribution in [2.75, 3.05) is 39.3 Å². The van der Waals surface area contributed by atoms with Gasteiger partial charge in [0, 0.05) is 59.7 Å². The molecule has 126 valence electrons. The Morgan fingerprint density at radius 3 is 0.909 bits per heavy atom. The molecule has 0 fully saturated rings.